The van der Waals surface area contributed by atoms with E-state index in [1.165, 1.54) is 0 Å². The molecule has 0 aliphatic rings. The molecule has 0 bridgehead atoms. The second-order valence-electron chi connectivity index (χ2n) is 5.71. The number of benzene rings is 1. The fraction of sp³-hybridized carbons (Fsp3) is 0.211. The smallest absolute Gasteiger partial charge is 0.251 e. The van der Waals surface area contributed by atoms with Crippen molar-refractivity contribution >= 4 is 17.5 Å². The number of carbonyl (C=O) groups is 1. The van der Waals surface area contributed by atoms with Crippen LogP contribution in [-0.4, -0.2) is 16.0 Å². The molecule has 128 valence electrons. The molecule has 6 heteroatoms. The van der Waals surface area contributed by atoms with E-state index in [0.29, 0.717) is 16.3 Å². The molecule has 0 unspecified atom stereocenters. The van der Waals surface area contributed by atoms with Crippen molar-refractivity contribution in [3.8, 4) is 11.3 Å². The molecule has 2 heterocycles. The molecule has 1 atom stereocenters. The molecule has 0 fully saturated rings. The summed E-state index contributed by atoms with van der Waals surface area (Å²) in [6.07, 6.45) is 2.61. The molecule has 1 N–H and O–H groups in total. The lowest BCUT2D eigenvalue weighted by atomic mass is 10.1. The number of aryl methyl sites for hydroxylation is 1. The molecular weight excluding hydrogens is 338 g/mol. The third-order valence-corrected chi connectivity index (χ3v) is 4.10. The van der Waals surface area contributed by atoms with Crippen LogP contribution in [0.1, 0.15) is 41.7 Å². The molecule has 3 aromatic rings. The molecule has 1 amide bonds. The summed E-state index contributed by atoms with van der Waals surface area (Å²) in [4.78, 5) is 16.6. The normalized spacial score (nSPS) is 12.0. The minimum Gasteiger partial charge on any atom is -0.359 e. The largest absolute Gasteiger partial charge is 0.359 e. The van der Waals surface area contributed by atoms with Crippen LogP contribution < -0.4 is 5.32 Å². The fourth-order valence-electron chi connectivity index (χ4n) is 2.44. The Morgan fingerprint density at radius 3 is 2.88 bits per heavy atom. The highest BCUT2D eigenvalue weighted by molar-refractivity contribution is 6.30. The molecule has 0 radical (unpaired) electrons. The monoisotopic (exact) mass is 355 g/mol. The number of halogens is 1. The Bertz CT molecular complexity index is 892. The summed E-state index contributed by atoms with van der Waals surface area (Å²) >= 11 is 5.92. The van der Waals surface area contributed by atoms with Crippen LogP contribution in [0.4, 0.5) is 0 Å². The Morgan fingerprint density at radius 2 is 2.12 bits per heavy atom. The van der Waals surface area contributed by atoms with Crippen molar-refractivity contribution < 1.29 is 9.32 Å². The van der Waals surface area contributed by atoms with Gasteiger partial charge in [0.1, 0.15) is 5.69 Å². The Hall–Kier alpha value is -2.66. The number of aromatic nitrogens is 2. The Labute approximate surface area is 151 Å². The predicted molar refractivity (Wildman–Crippen MR) is 96.4 cm³/mol. The number of amides is 1. The van der Waals surface area contributed by atoms with Gasteiger partial charge >= 0.3 is 0 Å². The van der Waals surface area contributed by atoms with Crippen LogP contribution in [0.25, 0.3) is 11.3 Å². The van der Waals surface area contributed by atoms with Gasteiger partial charge in [0.05, 0.1) is 6.04 Å². The maximum atomic E-state index is 12.3. The van der Waals surface area contributed by atoms with Crippen LogP contribution >= 0.6 is 11.6 Å². The molecule has 0 spiro atoms. The van der Waals surface area contributed by atoms with Gasteiger partial charge in [0.15, 0.2) is 5.76 Å². The van der Waals surface area contributed by atoms with E-state index in [-0.39, 0.29) is 11.9 Å². The van der Waals surface area contributed by atoms with Gasteiger partial charge in [-0.15, -0.1) is 0 Å². The number of pyridine rings is 1. The molecule has 2 aromatic heterocycles. The Kier molecular flexibility index (Phi) is 5.14. The first-order valence-corrected chi connectivity index (χ1v) is 8.43. The summed E-state index contributed by atoms with van der Waals surface area (Å²) in [7, 11) is 0. The zero-order valence-electron chi connectivity index (χ0n) is 14.0. The van der Waals surface area contributed by atoms with Crippen LogP contribution in [0.15, 0.2) is 53.2 Å². The minimum absolute atomic E-state index is 0.217. The van der Waals surface area contributed by atoms with Crippen LogP contribution in [0.2, 0.25) is 5.02 Å². The first kappa shape index (κ1) is 17.2. The van der Waals surface area contributed by atoms with Gasteiger partial charge in [-0.3, -0.25) is 9.78 Å². The number of hydrogen-bond acceptors (Lipinski definition) is 4. The van der Waals surface area contributed by atoms with Gasteiger partial charge in [0.25, 0.3) is 5.91 Å². The first-order valence-electron chi connectivity index (χ1n) is 8.05. The van der Waals surface area contributed by atoms with E-state index >= 15 is 0 Å². The number of nitrogens with zero attached hydrogens (tertiary/aromatic N) is 2. The first-order chi connectivity index (χ1) is 12.1. The summed E-state index contributed by atoms with van der Waals surface area (Å²) < 4.78 is 5.40. The van der Waals surface area contributed by atoms with E-state index in [2.05, 4.69) is 15.5 Å². The van der Waals surface area contributed by atoms with Gasteiger partial charge in [0.2, 0.25) is 0 Å². The molecule has 0 aliphatic heterocycles. The van der Waals surface area contributed by atoms with Crippen molar-refractivity contribution in [1.82, 2.24) is 15.5 Å². The lowest BCUT2D eigenvalue weighted by molar-refractivity contribution is 0.0934. The summed E-state index contributed by atoms with van der Waals surface area (Å²) in [6, 6.07) is 12.2. The molecule has 1 aromatic carbocycles. The number of hydrogen-bond donors (Lipinski definition) is 1. The Balaban J connectivity index is 1.74. The summed E-state index contributed by atoms with van der Waals surface area (Å²) in [5.41, 5.74) is 3.15. The third kappa shape index (κ3) is 4.06. The van der Waals surface area contributed by atoms with Gasteiger partial charge in [-0.2, -0.15) is 0 Å². The highest BCUT2D eigenvalue weighted by Crippen LogP contribution is 2.23. The van der Waals surface area contributed by atoms with Gasteiger partial charge < -0.3 is 9.84 Å². The predicted octanol–water partition coefficient (Wildman–Crippen LogP) is 4.44. The molecule has 5 nitrogen and oxygen atoms in total. The van der Waals surface area contributed by atoms with Crippen LogP contribution in [0.3, 0.4) is 0 Å². The van der Waals surface area contributed by atoms with E-state index in [1.54, 1.807) is 30.5 Å². The lowest BCUT2D eigenvalue weighted by Crippen LogP contribution is -2.26. The van der Waals surface area contributed by atoms with Crippen molar-refractivity contribution in [3.05, 3.63) is 70.7 Å². The summed E-state index contributed by atoms with van der Waals surface area (Å²) in [5.74, 6) is 0.366. The molecule has 25 heavy (non-hydrogen) atoms. The highest BCUT2D eigenvalue weighted by Gasteiger charge is 2.17. The van der Waals surface area contributed by atoms with E-state index in [4.69, 9.17) is 16.1 Å². The van der Waals surface area contributed by atoms with Crippen LogP contribution in [-0.2, 0) is 6.42 Å². The number of rotatable bonds is 5. The maximum absolute atomic E-state index is 12.3. The maximum Gasteiger partial charge on any atom is 0.251 e. The molecule has 0 saturated carbocycles. The van der Waals surface area contributed by atoms with Gasteiger partial charge in [0, 0.05) is 34.1 Å². The van der Waals surface area contributed by atoms with E-state index < -0.39 is 0 Å². The zero-order valence-corrected chi connectivity index (χ0v) is 14.7. The Morgan fingerprint density at radius 1 is 1.28 bits per heavy atom. The van der Waals surface area contributed by atoms with E-state index in [9.17, 15) is 4.79 Å². The van der Waals surface area contributed by atoms with Crippen LogP contribution in [0, 0.1) is 0 Å². The van der Waals surface area contributed by atoms with Crippen molar-refractivity contribution in [3.63, 3.8) is 0 Å². The molecule has 3 rings (SSSR count). The van der Waals surface area contributed by atoms with Crippen molar-refractivity contribution in [2.75, 3.05) is 0 Å². The molecular formula is C19H18ClN3O2. The van der Waals surface area contributed by atoms with Gasteiger partial charge in [-0.25, -0.2) is 0 Å². The third-order valence-electron chi connectivity index (χ3n) is 3.86. The van der Waals surface area contributed by atoms with Crippen LogP contribution in [0.5, 0.6) is 0 Å². The minimum atomic E-state index is -0.319. The molecule has 0 saturated heterocycles. The average molecular weight is 356 g/mol. The average Bonchev–Trinajstić information content (AvgIpc) is 3.12. The quantitative estimate of drug-likeness (QED) is 0.734. The van der Waals surface area contributed by atoms with Crippen molar-refractivity contribution in [2.24, 2.45) is 0 Å². The van der Waals surface area contributed by atoms with Gasteiger partial charge in [-0.1, -0.05) is 29.7 Å². The van der Waals surface area contributed by atoms with Gasteiger partial charge in [-0.05, 0) is 43.7 Å². The topological polar surface area (TPSA) is 68.0 Å². The van der Waals surface area contributed by atoms with Crippen molar-refractivity contribution in [1.29, 1.82) is 0 Å². The highest BCUT2D eigenvalue weighted by atomic mass is 35.5. The second-order valence-corrected chi connectivity index (χ2v) is 6.15. The molecule has 0 aliphatic carbocycles. The fourth-order valence-corrected chi connectivity index (χ4v) is 2.63. The summed E-state index contributed by atoms with van der Waals surface area (Å²) in [6.45, 7) is 3.89. The van der Waals surface area contributed by atoms with Crippen molar-refractivity contribution in [2.45, 2.75) is 26.3 Å². The standard InChI is InChI=1S/C19H18ClN3O2/c1-3-16-10-13(7-8-21-16)17-11-18(25-23-17)12(2)22-19(24)14-5-4-6-15(20)9-14/h4-12H,3H2,1-2H3,(H,22,24)/t12-/m0/s1. The number of carbonyl (C=O) groups excluding carboxylic acids is 1. The zero-order chi connectivity index (χ0) is 17.8. The van der Waals surface area contributed by atoms with E-state index in [1.807, 2.05) is 32.0 Å². The second kappa shape index (κ2) is 7.49. The lowest BCUT2D eigenvalue weighted by Gasteiger charge is -2.10. The van der Waals surface area contributed by atoms with E-state index in [0.717, 1.165) is 23.4 Å². The number of nitrogens with one attached hydrogen (secondary N) is 1. The summed E-state index contributed by atoms with van der Waals surface area (Å²) in [5, 5.41) is 7.51. The SMILES string of the molecule is CCc1cc(-c2cc([C@H](C)NC(=O)c3cccc(Cl)c3)on2)ccn1.